The SMILES string of the molecule is O=S(=O)(c1ccccc1Cl)N1CCN(c2nc(-c3ccccc3)cs2)CC1. The normalized spacial score (nSPS) is 15.8. The van der Waals surface area contributed by atoms with Crippen LogP contribution >= 0.6 is 22.9 Å². The highest BCUT2D eigenvalue weighted by molar-refractivity contribution is 7.89. The summed E-state index contributed by atoms with van der Waals surface area (Å²) in [5, 5.41) is 3.22. The molecule has 0 atom stereocenters. The van der Waals surface area contributed by atoms with Gasteiger partial charge < -0.3 is 4.90 Å². The van der Waals surface area contributed by atoms with E-state index in [0.29, 0.717) is 26.2 Å². The highest BCUT2D eigenvalue weighted by Crippen LogP contribution is 2.29. The van der Waals surface area contributed by atoms with Gasteiger partial charge in [0, 0.05) is 37.1 Å². The molecule has 1 fully saturated rings. The van der Waals surface area contributed by atoms with Gasteiger partial charge in [0.2, 0.25) is 10.0 Å². The monoisotopic (exact) mass is 419 g/mol. The molecule has 0 aliphatic carbocycles. The van der Waals surface area contributed by atoms with E-state index in [4.69, 9.17) is 16.6 Å². The summed E-state index contributed by atoms with van der Waals surface area (Å²) in [5.41, 5.74) is 2.03. The third-order valence-electron chi connectivity index (χ3n) is 4.53. The first-order valence-corrected chi connectivity index (χ1v) is 11.3. The first-order chi connectivity index (χ1) is 13.1. The second-order valence-corrected chi connectivity index (χ2v) is 9.35. The highest BCUT2D eigenvalue weighted by Gasteiger charge is 2.30. The van der Waals surface area contributed by atoms with Crippen LogP contribution in [0.1, 0.15) is 0 Å². The number of sulfonamides is 1. The molecular formula is C19H18ClN3O2S2. The number of nitrogens with zero attached hydrogens (tertiary/aromatic N) is 3. The van der Waals surface area contributed by atoms with Gasteiger partial charge in [0.15, 0.2) is 5.13 Å². The molecule has 2 heterocycles. The van der Waals surface area contributed by atoms with Gasteiger partial charge in [-0.25, -0.2) is 13.4 Å². The molecule has 0 radical (unpaired) electrons. The van der Waals surface area contributed by atoms with Crippen LogP contribution in [-0.2, 0) is 10.0 Å². The Morgan fingerprint density at radius 1 is 0.926 bits per heavy atom. The number of hydrogen-bond donors (Lipinski definition) is 0. The third kappa shape index (κ3) is 3.73. The lowest BCUT2D eigenvalue weighted by atomic mass is 10.2. The molecule has 27 heavy (non-hydrogen) atoms. The largest absolute Gasteiger partial charge is 0.345 e. The van der Waals surface area contributed by atoms with Crippen LogP contribution in [0.2, 0.25) is 5.02 Å². The lowest BCUT2D eigenvalue weighted by Gasteiger charge is -2.33. The molecule has 0 spiro atoms. The van der Waals surface area contributed by atoms with Gasteiger partial charge in [-0.3, -0.25) is 0 Å². The predicted octanol–water partition coefficient (Wildman–Crippen LogP) is 3.97. The Morgan fingerprint density at radius 2 is 1.59 bits per heavy atom. The van der Waals surface area contributed by atoms with Gasteiger partial charge in [0.05, 0.1) is 10.7 Å². The zero-order chi connectivity index (χ0) is 18.9. The molecule has 0 N–H and O–H groups in total. The highest BCUT2D eigenvalue weighted by atomic mass is 35.5. The topological polar surface area (TPSA) is 53.5 Å². The van der Waals surface area contributed by atoms with E-state index < -0.39 is 10.0 Å². The summed E-state index contributed by atoms with van der Waals surface area (Å²) >= 11 is 7.67. The molecule has 0 amide bonds. The van der Waals surface area contributed by atoms with Crippen molar-refractivity contribution >= 4 is 38.1 Å². The van der Waals surface area contributed by atoms with E-state index in [-0.39, 0.29) is 9.92 Å². The number of halogens is 1. The van der Waals surface area contributed by atoms with Gasteiger partial charge in [0.25, 0.3) is 0 Å². The average Bonchev–Trinajstić information content (AvgIpc) is 3.19. The molecule has 140 valence electrons. The fourth-order valence-corrected chi connectivity index (χ4v) is 5.87. The number of rotatable bonds is 4. The minimum absolute atomic E-state index is 0.167. The summed E-state index contributed by atoms with van der Waals surface area (Å²) in [6.07, 6.45) is 0. The molecule has 0 bridgehead atoms. The first kappa shape index (κ1) is 18.4. The number of aromatic nitrogens is 1. The Hall–Kier alpha value is -1.93. The van der Waals surface area contributed by atoms with Crippen LogP contribution in [0.15, 0.2) is 64.9 Å². The fourth-order valence-electron chi connectivity index (χ4n) is 3.06. The summed E-state index contributed by atoms with van der Waals surface area (Å²) in [7, 11) is -3.58. The Labute approximate surface area is 167 Å². The first-order valence-electron chi connectivity index (χ1n) is 8.56. The van der Waals surface area contributed by atoms with Crippen LogP contribution in [0.4, 0.5) is 5.13 Å². The molecule has 3 aromatic rings. The Morgan fingerprint density at radius 3 is 2.30 bits per heavy atom. The van der Waals surface area contributed by atoms with Crippen LogP contribution in [0.25, 0.3) is 11.3 Å². The maximum Gasteiger partial charge on any atom is 0.244 e. The Bertz CT molecular complexity index is 1030. The number of anilines is 1. The molecule has 1 aromatic heterocycles. The van der Waals surface area contributed by atoms with E-state index in [1.165, 1.54) is 4.31 Å². The molecule has 1 aliphatic rings. The van der Waals surface area contributed by atoms with Gasteiger partial charge in [-0.2, -0.15) is 4.31 Å². The van der Waals surface area contributed by atoms with Crippen molar-refractivity contribution in [1.82, 2.24) is 9.29 Å². The van der Waals surface area contributed by atoms with E-state index >= 15 is 0 Å². The van der Waals surface area contributed by atoms with Crippen molar-refractivity contribution in [2.24, 2.45) is 0 Å². The lowest BCUT2D eigenvalue weighted by molar-refractivity contribution is 0.385. The van der Waals surface area contributed by atoms with E-state index in [1.807, 2.05) is 35.7 Å². The summed E-state index contributed by atoms with van der Waals surface area (Å²) in [6.45, 7) is 2.03. The summed E-state index contributed by atoms with van der Waals surface area (Å²) in [6, 6.07) is 16.6. The predicted molar refractivity (Wildman–Crippen MR) is 110 cm³/mol. The molecular weight excluding hydrogens is 402 g/mol. The lowest BCUT2D eigenvalue weighted by Crippen LogP contribution is -2.48. The zero-order valence-corrected chi connectivity index (χ0v) is 16.8. The maximum atomic E-state index is 12.9. The molecule has 1 aliphatic heterocycles. The van der Waals surface area contributed by atoms with Crippen LogP contribution in [0, 0.1) is 0 Å². The van der Waals surface area contributed by atoms with Gasteiger partial charge in [-0.1, -0.05) is 54.1 Å². The molecule has 8 heteroatoms. The molecule has 1 saturated heterocycles. The minimum atomic E-state index is -3.58. The van der Waals surface area contributed by atoms with Crippen LogP contribution in [0.5, 0.6) is 0 Å². The smallest absolute Gasteiger partial charge is 0.244 e. The standard InChI is InChI=1S/C19H18ClN3O2S2/c20-16-8-4-5-9-18(16)27(24,25)23-12-10-22(11-13-23)19-21-17(14-26-19)15-6-2-1-3-7-15/h1-9,14H,10-13H2. The minimum Gasteiger partial charge on any atom is -0.345 e. The van der Waals surface area contributed by atoms with Crippen LogP contribution in [0.3, 0.4) is 0 Å². The maximum absolute atomic E-state index is 12.9. The Balaban J connectivity index is 1.47. The average molecular weight is 420 g/mol. The molecule has 4 rings (SSSR count). The second-order valence-electron chi connectivity index (χ2n) is 6.20. The number of hydrogen-bond acceptors (Lipinski definition) is 5. The van der Waals surface area contributed by atoms with Crippen molar-refractivity contribution < 1.29 is 8.42 Å². The summed E-state index contributed by atoms with van der Waals surface area (Å²) < 4.78 is 27.2. The molecule has 2 aromatic carbocycles. The van der Waals surface area contributed by atoms with Crippen molar-refractivity contribution in [3.63, 3.8) is 0 Å². The molecule has 0 unspecified atom stereocenters. The summed E-state index contributed by atoms with van der Waals surface area (Å²) in [5.74, 6) is 0. The van der Waals surface area contributed by atoms with Gasteiger partial charge >= 0.3 is 0 Å². The van der Waals surface area contributed by atoms with Crippen molar-refractivity contribution in [3.8, 4) is 11.3 Å². The van der Waals surface area contributed by atoms with Gasteiger partial charge in [-0.15, -0.1) is 11.3 Å². The molecule has 0 saturated carbocycles. The number of piperazine rings is 1. The van der Waals surface area contributed by atoms with E-state index in [1.54, 1.807) is 35.6 Å². The van der Waals surface area contributed by atoms with Crippen LogP contribution < -0.4 is 4.90 Å². The van der Waals surface area contributed by atoms with E-state index in [2.05, 4.69) is 4.90 Å². The van der Waals surface area contributed by atoms with Gasteiger partial charge in [-0.05, 0) is 12.1 Å². The molecule has 5 nitrogen and oxygen atoms in total. The fraction of sp³-hybridized carbons (Fsp3) is 0.211. The van der Waals surface area contributed by atoms with Gasteiger partial charge in [0.1, 0.15) is 4.90 Å². The van der Waals surface area contributed by atoms with E-state index in [0.717, 1.165) is 16.4 Å². The number of thiazole rings is 1. The van der Waals surface area contributed by atoms with Crippen molar-refractivity contribution in [2.75, 3.05) is 31.1 Å². The van der Waals surface area contributed by atoms with Crippen molar-refractivity contribution in [1.29, 1.82) is 0 Å². The van der Waals surface area contributed by atoms with Crippen LogP contribution in [-0.4, -0.2) is 43.9 Å². The number of benzene rings is 2. The van der Waals surface area contributed by atoms with Crippen molar-refractivity contribution in [2.45, 2.75) is 4.90 Å². The van der Waals surface area contributed by atoms with E-state index in [9.17, 15) is 8.42 Å². The zero-order valence-electron chi connectivity index (χ0n) is 14.5. The van der Waals surface area contributed by atoms with Crippen molar-refractivity contribution in [3.05, 3.63) is 65.0 Å². The Kier molecular flexibility index (Phi) is 5.19. The quantitative estimate of drug-likeness (QED) is 0.642. The summed E-state index contributed by atoms with van der Waals surface area (Å²) in [4.78, 5) is 7.02. The second kappa shape index (κ2) is 7.59. The third-order valence-corrected chi connectivity index (χ3v) is 7.83.